The van der Waals surface area contributed by atoms with Crippen molar-refractivity contribution in [3.63, 3.8) is 0 Å². The largest absolute Gasteiger partial charge is 0.304 e. The molecular weight excluding hydrogens is 246 g/mol. The second-order valence-corrected chi connectivity index (χ2v) is 5.80. The summed E-state index contributed by atoms with van der Waals surface area (Å²) < 4.78 is 0. The number of carbonyl (C=O) groups is 1. The van der Waals surface area contributed by atoms with Gasteiger partial charge in [0.05, 0.1) is 6.54 Å². The van der Waals surface area contributed by atoms with Crippen LogP contribution in [0.3, 0.4) is 0 Å². The molecule has 0 saturated carbocycles. The Labute approximate surface area is 120 Å². The molecule has 2 aromatic carbocycles. The lowest BCUT2D eigenvalue weighted by atomic mass is 10.0. The van der Waals surface area contributed by atoms with Gasteiger partial charge in [-0.05, 0) is 42.2 Å². The predicted molar refractivity (Wildman–Crippen MR) is 82.2 cm³/mol. The number of nitrogens with zero attached hydrogens (tertiary/aromatic N) is 1. The van der Waals surface area contributed by atoms with Gasteiger partial charge >= 0.3 is 0 Å². The van der Waals surface area contributed by atoms with E-state index in [2.05, 4.69) is 39.0 Å². The van der Waals surface area contributed by atoms with Crippen LogP contribution in [0.15, 0.2) is 42.5 Å². The minimum atomic E-state index is 0.109. The van der Waals surface area contributed by atoms with Gasteiger partial charge in [-0.3, -0.25) is 4.79 Å². The van der Waals surface area contributed by atoms with Gasteiger partial charge in [0.15, 0.2) is 0 Å². The number of carbonyl (C=O) groups excluding carboxylic acids is 1. The fraction of sp³-hybridized carbons (Fsp3) is 0.278. The first-order valence-corrected chi connectivity index (χ1v) is 7.07. The fourth-order valence-corrected chi connectivity index (χ4v) is 2.70. The Morgan fingerprint density at radius 1 is 1.05 bits per heavy atom. The van der Waals surface area contributed by atoms with E-state index in [4.69, 9.17) is 0 Å². The summed E-state index contributed by atoms with van der Waals surface area (Å²) in [4.78, 5) is 14.3. The lowest BCUT2D eigenvalue weighted by Crippen LogP contribution is -2.22. The Morgan fingerprint density at radius 3 is 2.40 bits per heavy atom. The average molecular weight is 265 g/mol. The van der Waals surface area contributed by atoms with Gasteiger partial charge in [0.2, 0.25) is 0 Å². The maximum absolute atomic E-state index is 12.5. The van der Waals surface area contributed by atoms with Crippen LogP contribution in [0.1, 0.15) is 46.8 Å². The van der Waals surface area contributed by atoms with Crippen LogP contribution in [0.25, 0.3) is 0 Å². The monoisotopic (exact) mass is 265 g/mol. The molecule has 2 aromatic rings. The standard InChI is InChI=1S/C18H19NO/c1-12(2)14-5-7-16(8-6-14)19-11-15-10-13(3)4-9-17(15)18(19)20/h4-10,12H,11H2,1-3H3. The van der Waals surface area contributed by atoms with Crippen molar-refractivity contribution in [2.75, 3.05) is 4.90 Å². The molecule has 1 heterocycles. The fourth-order valence-electron chi connectivity index (χ4n) is 2.70. The molecule has 0 aromatic heterocycles. The lowest BCUT2D eigenvalue weighted by Gasteiger charge is -2.16. The van der Waals surface area contributed by atoms with Crippen LogP contribution in [-0.4, -0.2) is 5.91 Å². The van der Waals surface area contributed by atoms with Crippen LogP contribution in [-0.2, 0) is 6.54 Å². The van der Waals surface area contributed by atoms with Crippen LogP contribution < -0.4 is 4.90 Å². The van der Waals surface area contributed by atoms with Crippen molar-refractivity contribution in [3.8, 4) is 0 Å². The topological polar surface area (TPSA) is 20.3 Å². The molecule has 0 bridgehead atoms. The Bertz CT molecular complexity index is 656. The number of fused-ring (bicyclic) bond motifs is 1. The van der Waals surface area contributed by atoms with E-state index >= 15 is 0 Å². The summed E-state index contributed by atoms with van der Waals surface area (Å²) in [6.45, 7) is 7.09. The van der Waals surface area contributed by atoms with Crippen LogP contribution >= 0.6 is 0 Å². The third-order valence-electron chi connectivity index (χ3n) is 3.94. The van der Waals surface area contributed by atoms with E-state index in [9.17, 15) is 4.79 Å². The third-order valence-corrected chi connectivity index (χ3v) is 3.94. The Balaban J connectivity index is 1.92. The van der Waals surface area contributed by atoms with Crippen LogP contribution in [0.4, 0.5) is 5.69 Å². The molecule has 0 N–H and O–H groups in total. The SMILES string of the molecule is Cc1ccc2c(c1)CN(c1ccc(C(C)C)cc1)C2=O. The summed E-state index contributed by atoms with van der Waals surface area (Å²) in [5, 5.41) is 0. The van der Waals surface area contributed by atoms with Gasteiger partial charge in [-0.25, -0.2) is 0 Å². The van der Waals surface area contributed by atoms with E-state index in [0.29, 0.717) is 12.5 Å². The molecule has 2 nitrogen and oxygen atoms in total. The molecule has 0 radical (unpaired) electrons. The number of benzene rings is 2. The molecule has 3 rings (SSSR count). The smallest absolute Gasteiger partial charge is 0.258 e. The van der Waals surface area contributed by atoms with E-state index in [1.807, 2.05) is 29.2 Å². The van der Waals surface area contributed by atoms with Gasteiger partial charge in [-0.1, -0.05) is 43.7 Å². The molecule has 1 amide bonds. The molecule has 2 heteroatoms. The van der Waals surface area contributed by atoms with Gasteiger partial charge in [0.25, 0.3) is 5.91 Å². The molecular formula is C18H19NO. The van der Waals surface area contributed by atoms with Gasteiger partial charge in [-0.2, -0.15) is 0 Å². The summed E-state index contributed by atoms with van der Waals surface area (Å²) >= 11 is 0. The Hall–Kier alpha value is -2.09. The summed E-state index contributed by atoms with van der Waals surface area (Å²) in [6.07, 6.45) is 0. The highest BCUT2D eigenvalue weighted by molar-refractivity contribution is 6.10. The third kappa shape index (κ3) is 2.11. The van der Waals surface area contributed by atoms with Crippen LogP contribution in [0, 0.1) is 6.92 Å². The van der Waals surface area contributed by atoms with Crippen molar-refractivity contribution in [1.29, 1.82) is 0 Å². The van der Waals surface area contributed by atoms with E-state index in [1.54, 1.807) is 0 Å². The minimum Gasteiger partial charge on any atom is -0.304 e. The average Bonchev–Trinajstić information content (AvgIpc) is 2.75. The summed E-state index contributed by atoms with van der Waals surface area (Å²) in [5.41, 5.74) is 5.45. The normalized spacial score (nSPS) is 14.0. The second kappa shape index (κ2) is 4.78. The number of hydrogen-bond donors (Lipinski definition) is 0. The zero-order chi connectivity index (χ0) is 14.3. The highest BCUT2D eigenvalue weighted by Gasteiger charge is 2.28. The number of anilines is 1. The molecule has 1 aliphatic heterocycles. The van der Waals surface area contributed by atoms with E-state index in [-0.39, 0.29) is 5.91 Å². The maximum Gasteiger partial charge on any atom is 0.258 e. The number of hydrogen-bond acceptors (Lipinski definition) is 1. The van der Waals surface area contributed by atoms with Crippen molar-refractivity contribution >= 4 is 11.6 Å². The van der Waals surface area contributed by atoms with Gasteiger partial charge in [-0.15, -0.1) is 0 Å². The molecule has 0 fully saturated rings. The molecule has 102 valence electrons. The van der Waals surface area contributed by atoms with E-state index in [1.165, 1.54) is 11.1 Å². The zero-order valence-electron chi connectivity index (χ0n) is 12.2. The molecule has 20 heavy (non-hydrogen) atoms. The van der Waals surface area contributed by atoms with Crippen LogP contribution in [0.5, 0.6) is 0 Å². The molecule has 0 spiro atoms. The second-order valence-electron chi connectivity index (χ2n) is 5.80. The van der Waals surface area contributed by atoms with Crippen molar-refractivity contribution < 1.29 is 4.79 Å². The quantitative estimate of drug-likeness (QED) is 0.793. The highest BCUT2D eigenvalue weighted by atomic mass is 16.2. The van der Waals surface area contributed by atoms with Crippen LogP contribution in [0.2, 0.25) is 0 Å². The number of amides is 1. The van der Waals surface area contributed by atoms with Gasteiger partial charge < -0.3 is 4.90 Å². The molecule has 0 unspecified atom stereocenters. The molecule has 1 aliphatic rings. The number of rotatable bonds is 2. The first-order valence-electron chi connectivity index (χ1n) is 7.07. The summed E-state index contributed by atoms with van der Waals surface area (Å²) in [6, 6.07) is 14.4. The first kappa shape index (κ1) is 12.9. The van der Waals surface area contributed by atoms with Crippen molar-refractivity contribution in [1.82, 2.24) is 0 Å². The summed E-state index contributed by atoms with van der Waals surface area (Å²) in [7, 11) is 0. The van der Waals surface area contributed by atoms with Crippen molar-refractivity contribution in [2.24, 2.45) is 0 Å². The summed E-state index contributed by atoms with van der Waals surface area (Å²) in [5.74, 6) is 0.621. The van der Waals surface area contributed by atoms with Crippen molar-refractivity contribution in [2.45, 2.75) is 33.2 Å². The molecule has 0 aliphatic carbocycles. The Kier molecular flexibility index (Phi) is 3.09. The highest BCUT2D eigenvalue weighted by Crippen LogP contribution is 2.29. The predicted octanol–water partition coefficient (Wildman–Crippen LogP) is 4.28. The van der Waals surface area contributed by atoms with Gasteiger partial charge in [0.1, 0.15) is 0 Å². The van der Waals surface area contributed by atoms with Crippen molar-refractivity contribution in [3.05, 3.63) is 64.7 Å². The van der Waals surface area contributed by atoms with Gasteiger partial charge in [0, 0.05) is 11.3 Å². The minimum absolute atomic E-state index is 0.109. The molecule has 0 saturated heterocycles. The van der Waals surface area contributed by atoms with E-state index < -0.39 is 0 Å². The Morgan fingerprint density at radius 2 is 1.75 bits per heavy atom. The number of aryl methyl sites for hydroxylation is 1. The van der Waals surface area contributed by atoms with E-state index in [0.717, 1.165) is 16.8 Å². The zero-order valence-corrected chi connectivity index (χ0v) is 12.2. The first-order chi connectivity index (χ1) is 9.56. The maximum atomic E-state index is 12.5. The lowest BCUT2D eigenvalue weighted by molar-refractivity contribution is 0.0996. The molecule has 0 atom stereocenters.